The van der Waals surface area contributed by atoms with Gasteiger partial charge in [-0.15, -0.1) is 0 Å². The van der Waals surface area contributed by atoms with Crippen LogP contribution in [0.15, 0.2) is 23.3 Å². The third-order valence-electron chi connectivity index (χ3n) is 2.95. The van der Waals surface area contributed by atoms with Gasteiger partial charge in [-0.05, 0) is 31.9 Å². The number of aryl methyl sites for hydroxylation is 1. The maximum absolute atomic E-state index is 5.46. The summed E-state index contributed by atoms with van der Waals surface area (Å²) in [5, 5.41) is 3.13. The summed E-state index contributed by atoms with van der Waals surface area (Å²) in [5.74, 6) is 6.08. The molecule has 0 aromatic carbocycles. The predicted octanol–water partition coefficient (Wildman–Crippen LogP) is 1.56. The van der Waals surface area contributed by atoms with Gasteiger partial charge in [-0.2, -0.15) is 0 Å². The van der Waals surface area contributed by atoms with E-state index in [1.54, 1.807) is 6.20 Å². The normalized spacial score (nSPS) is 17.2. The molecule has 1 aromatic heterocycles. The predicted molar refractivity (Wildman–Crippen MR) is 69.6 cm³/mol. The number of nitrogens with zero attached hydrogens (tertiary/aromatic N) is 2. The van der Waals surface area contributed by atoms with Crippen LogP contribution in [-0.4, -0.2) is 17.0 Å². The third kappa shape index (κ3) is 3.42. The molecule has 0 aliphatic heterocycles. The van der Waals surface area contributed by atoms with Crippen LogP contribution >= 0.6 is 0 Å². The molecule has 0 atom stereocenters. The van der Waals surface area contributed by atoms with E-state index in [1.807, 2.05) is 19.1 Å². The quantitative estimate of drug-likeness (QED) is 0.314. The van der Waals surface area contributed by atoms with E-state index in [1.165, 1.54) is 12.8 Å². The SMILES string of the molecule is Cc1ccc(NC(=NC2CCCC2)NN)cn1. The molecule has 1 aliphatic rings. The highest BCUT2D eigenvalue weighted by Crippen LogP contribution is 2.20. The zero-order valence-corrected chi connectivity index (χ0v) is 10.1. The molecule has 0 radical (unpaired) electrons. The molecule has 5 heteroatoms. The van der Waals surface area contributed by atoms with Gasteiger partial charge in [0.1, 0.15) is 0 Å². The molecule has 1 fully saturated rings. The molecular formula is C12H19N5. The largest absolute Gasteiger partial charge is 0.324 e. The number of nitrogens with two attached hydrogens (primary N) is 1. The van der Waals surface area contributed by atoms with Gasteiger partial charge in [-0.25, -0.2) is 10.8 Å². The minimum Gasteiger partial charge on any atom is -0.324 e. The number of aromatic nitrogens is 1. The van der Waals surface area contributed by atoms with E-state index >= 15 is 0 Å². The van der Waals surface area contributed by atoms with Crippen LogP contribution in [0.25, 0.3) is 0 Å². The van der Waals surface area contributed by atoms with Gasteiger partial charge in [-0.1, -0.05) is 12.8 Å². The van der Waals surface area contributed by atoms with E-state index < -0.39 is 0 Å². The first kappa shape index (κ1) is 11.9. The summed E-state index contributed by atoms with van der Waals surface area (Å²) in [6, 6.07) is 4.31. The highest BCUT2D eigenvalue weighted by atomic mass is 15.3. The molecule has 0 spiro atoms. The summed E-state index contributed by atoms with van der Waals surface area (Å²) >= 11 is 0. The molecule has 0 bridgehead atoms. The number of aliphatic imine (C=N–C) groups is 1. The Bertz CT molecular complexity index is 378. The smallest absolute Gasteiger partial charge is 0.210 e. The molecule has 0 unspecified atom stereocenters. The van der Waals surface area contributed by atoms with E-state index in [2.05, 4.69) is 20.7 Å². The zero-order valence-electron chi connectivity index (χ0n) is 10.1. The lowest BCUT2D eigenvalue weighted by atomic mass is 10.3. The van der Waals surface area contributed by atoms with Crippen molar-refractivity contribution in [2.75, 3.05) is 5.32 Å². The molecule has 0 saturated heterocycles. The van der Waals surface area contributed by atoms with Gasteiger partial charge in [0.05, 0.1) is 17.9 Å². The van der Waals surface area contributed by atoms with Gasteiger partial charge >= 0.3 is 0 Å². The van der Waals surface area contributed by atoms with Gasteiger partial charge in [0.2, 0.25) is 5.96 Å². The maximum atomic E-state index is 5.46. The Morgan fingerprint density at radius 2 is 2.18 bits per heavy atom. The van der Waals surface area contributed by atoms with E-state index in [4.69, 9.17) is 5.84 Å². The average molecular weight is 233 g/mol. The maximum Gasteiger partial charge on any atom is 0.210 e. The number of anilines is 1. The van der Waals surface area contributed by atoms with Crippen LogP contribution in [-0.2, 0) is 0 Å². The first-order valence-electron chi connectivity index (χ1n) is 6.02. The Hall–Kier alpha value is -1.62. The van der Waals surface area contributed by atoms with Crippen molar-refractivity contribution in [1.29, 1.82) is 0 Å². The molecule has 17 heavy (non-hydrogen) atoms. The van der Waals surface area contributed by atoms with Gasteiger partial charge in [0.15, 0.2) is 0 Å². The van der Waals surface area contributed by atoms with Crippen LogP contribution in [0.2, 0.25) is 0 Å². The third-order valence-corrected chi connectivity index (χ3v) is 2.95. The van der Waals surface area contributed by atoms with E-state index in [0.717, 1.165) is 24.2 Å². The van der Waals surface area contributed by atoms with Crippen molar-refractivity contribution in [2.24, 2.45) is 10.8 Å². The fourth-order valence-electron chi connectivity index (χ4n) is 2.00. The summed E-state index contributed by atoms with van der Waals surface area (Å²) in [6.07, 6.45) is 6.60. The Labute approximate surface area is 102 Å². The lowest BCUT2D eigenvalue weighted by Crippen LogP contribution is -2.37. The molecule has 2 rings (SSSR count). The molecule has 1 saturated carbocycles. The van der Waals surface area contributed by atoms with Crippen molar-refractivity contribution < 1.29 is 0 Å². The fraction of sp³-hybridized carbons (Fsp3) is 0.500. The highest BCUT2D eigenvalue weighted by molar-refractivity contribution is 5.93. The Morgan fingerprint density at radius 3 is 2.76 bits per heavy atom. The molecular weight excluding hydrogens is 214 g/mol. The van der Waals surface area contributed by atoms with Gasteiger partial charge in [0.25, 0.3) is 0 Å². The molecule has 0 amide bonds. The standard InChI is InChI=1S/C12H19N5/c1-9-6-7-11(8-14-9)16-12(17-13)15-10-4-2-3-5-10/h6-8,10H,2-5,13H2,1H3,(H2,15,16,17). The van der Waals surface area contributed by atoms with Crippen LogP contribution in [0.1, 0.15) is 31.4 Å². The molecule has 1 aromatic rings. The monoisotopic (exact) mass is 233 g/mol. The van der Waals surface area contributed by atoms with E-state index in [9.17, 15) is 0 Å². The highest BCUT2D eigenvalue weighted by Gasteiger charge is 2.14. The second-order valence-electron chi connectivity index (χ2n) is 4.37. The van der Waals surface area contributed by atoms with E-state index in [-0.39, 0.29) is 0 Å². The Morgan fingerprint density at radius 1 is 1.41 bits per heavy atom. The lowest BCUT2D eigenvalue weighted by Gasteiger charge is -2.11. The summed E-state index contributed by atoms with van der Waals surface area (Å²) in [7, 11) is 0. The Balaban J connectivity index is 2.01. The number of rotatable bonds is 2. The first-order chi connectivity index (χ1) is 8.28. The molecule has 1 heterocycles. The number of nitrogens with one attached hydrogen (secondary N) is 2. The van der Waals surface area contributed by atoms with Crippen molar-refractivity contribution in [3.63, 3.8) is 0 Å². The molecule has 4 N–H and O–H groups in total. The number of hydrazine groups is 1. The molecule has 5 nitrogen and oxygen atoms in total. The van der Waals surface area contributed by atoms with Crippen LogP contribution in [0.5, 0.6) is 0 Å². The first-order valence-corrected chi connectivity index (χ1v) is 6.02. The van der Waals surface area contributed by atoms with Crippen LogP contribution in [0.3, 0.4) is 0 Å². The molecule has 92 valence electrons. The zero-order chi connectivity index (χ0) is 12.1. The minimum absolute atomic E-state index is 0.395. The summed E-state index contributed by atoms with van der Waals surface area (Å²) in [6.45, 7) is 1.96. The van der Waals surface area contributed by atoms with Gasteiger partial charge < -0.3 is 5.32 Å². The number of hydrogen-bond donors (Lipinski definition) is 3. The second kappa shape index (κ2) is 5.63. The van der Waals surface area contributed by atoms with Gasteiger partial charge in [0, 0.05) is 5.69 Å². The minimum atomic E-state index is 0.395. The number of pyridine rings is 1. The van der Waals surface area contributed by atoms with Crippen molar-refractivity contribution in [3.05, 3.63) is 24.0 Å². The summed E-state index contributed by atoms with van der Waals surface area (Å²) in [5.41, 5.74) is 4.49. The second-order valence-corrected chi connectivity index (χ2v) is 4.37. The number of hydrogen-bond acceptors (Lipinski definition) is 3. The van der Waals surface area contributed by atoms with Crippen LogP contribution in [0.4, 0.5) is 5.69 Å². The van der Waals surface area contributed by atoms with Crippen molar-refractivity contribution >= 4 is 11.6 Å². The van der Waals surface area contributed by atoms with Crippen LogP contribution < -0.4 is 16.6 Å². The van der Waals surface area contributed by atoms with Crippen molar-refractivity contribution in [2.45, 2.75) is 38.6 Å². The molecule has 1 aliphatic carbocycles. The van der Waals surface area contributed by atoms with Crippen molar-refractivity contribution in [3.8, 4) is 0 Å². The average Bonchev–Trinajstić information content (AvgIpc) is 2.84. The van der Waals surface area contributed by atoms with Crippen LogP contribution in [0, 0.1) is 6.92 Å². The topological polar surface area (TPSA) is 75.3 Å². The van der Waals surface area contributed by atoms with E-state index in [0.29, 0.717) is 12.0 Å². The Kier molecular flexibility index (Phi) is 3.93. The summed E-state index contributed by atoms with van der Waals surface area (Å²) in [4.78, 5) is 8.77. The number of guanidine groups is 1. The van der Waals surface area contributed by atoms with Crippen molar-refractivity contribution in [1.82, 2.24) is 10.4 Å². The summed E-state index contributed by atoms with van der Waals surface area (Å²) < 4.78 is 0. The van der Waals surface area contributed by atoms with Gasteiger partial charge in [-0.3, -0.25) is 10.4 Å². The fourth-order valence-corrected chi connectivity index (χ4v) is 2.00. The lowest BCUT2D eigenvalue weighted by molar-refractivity contribution is 0.700.